The van der Waals surface area contributed by atoms with Crippen LogP contribution in [0.3, 0.4) is 0 Å². The molecule has 8 heteroatoms. The summed E-state index contributed by atoms with van der Waals surface area (Å²) >= 11 is 1.56. The molecule has 1 aromatic heterocycles. The lowest BCUT2D eigenvalue weighted by molar-refractivity contribution is -0.119. The average molecular weight is 448 g/mol. The number of ether oxygens (including phenoxy) is 2. The molecule has 2 aromatic carbocycles. The van der Waals surface area contributed by atoms with E-state index in [2.05, 4.69) is 4.90 Å². The number of carbonyl (C=O) groups is 1. The number of amides is 1. The van der Waals surface area contributed by atoms with E-state index in [-0.39, 0.29) is 18.3 Å². The lowest BCUT2D eigenvalue weighted by Gasteiger charge is -2.29. The largest absolute Gasteiger partial charge is 0.493 e. The Morgan fingerprint density at radius 1 is 1.10 bits per heavy atom. The van der Waals surface area contributed by atoms with Crippen molar-refractivity contribution < 1.29 is 14.3 Å². The molecule has 0 radical (unpaired) electrons. The van der Waals surface area contributed by atoms with Crippen LogP contribution in [-0.2, 0) is 9.53 Å². The molecule has 1 aliphatic heterocycles. The highest BCUT2D eigenvalue weighted by Gasteiger charge is 2.21. The van der Waals surface area contributed by atoms with Crippen molar-refractivity contribution in [1.82, 2.24) is 9.88 Å². The Morgan fingerprint density at radius 3 is 2.60 bits per heavy atom. The summed E-state index contributed by atoms with van der Waals surface area (Å²) in [6.07, 6.45) is 0.313. The number of aromatic nitrogens is 1. The number of para-hydroxylation sites is 2. The molecule has 0 atom stereocenters. The highest BCUT2D eigenvalue weighted by Crippen LogP contribution is 2.29. The molecule has 0 spiro atoms. The number of hydrogen-bond donors (Lipinski definition) is 0. The molecule has 0 saturated carbocycles. The van der Waals surface area contributed by atoms with Gasteiger partial charge in [0.15, 0.2) is 5.13 Å². The van der Waals surface area contributed by atoms with E-state index < -0.39 is 0 Å². The summed E-state index contributed by atoms with van der Waals surface area (Å²) in [6.45, 7) is 5.08. The first kappa shape index (κ1) is 22.5. The van der Waals surface area contributed by atoms with Crippen LogP contribution in [0.25, 0.3) is 10.2 Å². The maximum Gasteiger partial charge on any atom is 0.232 e. The molecular weight excluding hydrogens is 422 g/mol. The van der Waals surface area contributed by atoms with E-state index in [0.29, 0.717) is 19.6 Å². The topological polar surface area (TPSA) is 54.9 Å². The van der Waals surface area contributed by atoms with Gasteiger partial charge in [0.05, 0.1) is 36.5 Å². The summed E-state index contributed by atoms with van der Waals surface area (Å²) in [5, 5.41) is 0.754. The van der Waals surface area contributed by atoms with Crippen LogP contribution in [0.5, 0.6) is 5.75 Å². The van der Waals surface area contributed by atoms with Crippen molar-refractivity contribution in [2.24, 2.45) is 0 Å². The molecule has 1 amide bonds. The first-order valence-corrected chi connectivity index (χ1v) is 10.7. The van der Waals surface area contributed by atoms with Crippen molar-refractivity contribution >= 4 is 45.0 Å². The molecule has 0 N–H and O–H groups in total. The van der Waals surface area contributed by atoms with Crippen molar-refractivity contribution in [2.45, 2.75) is 6.42 Å². The fraction of sp³-hybridized carbons (Fsp3) is 0.364. The van der Waals surface area contributed by atoms with Gasteiger partial charge in [-0.25, -0.2) is 4.98 Å². The zero-order valence-electron chi connectivity index (χ0n) is 16.7. The monoisotopic (exact) mass is 447 g/mol. The summed E-state index contributed by atoms with van der Waals surface area (Å²) in [6, 6.07) is 17.6. The first-order valence-electron chi connectivity index (χ1n) is 9.93. The molecule has 6 nitrogen and oxygen atoms in total. The minimum atomic E-state index is 0. The number of carbonyl (C=O) groups excluding carboxylic acids is 1. The lowest BCUT2D eigenvalue weighted by atomic mass is 10.3. The Morgan fingerprint density at radius 2 is 1.83 bits per heavy atom. The maximum atomic E-state index is 13.1. The number of benzene rings is 2. The molecule has 0 aliphatic carbocycles. The second-order valence-corrected chi connectivity index (χ2v) is 7.88. The van der Waals surface area contributed by atoms with E-state index in [1.54, 1.807) is 11.3 Å². The third-order valence-electron chi connectivity index (χ3n) is 4.89. The van der Waals surface area contributed by atoms with Crippen LogP contribution >= 0.6 is 23.7 Å². The van der Waals surface area contributed by atoms with Crippen LogP contribution < -0.4 is 9.64 Å². The summed E-state index contributed by atoms with van der Waals surface area (Å²) in [5.74, 6) is 0.813. The van der Waals surface area contributed by atoms with Crippen LogP contribution in [0.1, 0.15) is 6.42 Å². The predicted molar refractivity (Wildman–Crippen MR) is 123 cm³/mol. The highest BCUT2D eigenvalue weighted by atomic mass is 35.5. The van der Waals surface area contributed by atoms with E-state index in [4.69, 9.17) is 14.5 Å². The summed E-state index contributed by atoms with van der Waals surface area (Å²) in [7, 11) is 0. The highest BCUT2D eigenvalue weighted by molar-refractivity contribution is 7.22. The summed E-state index contributed by atoms with van der Waals surface area (Å²) in [5.41, 5.74) is 0.928. The summed E-state index contributed by atoms with van der Waals surface area (Å²) < 4.78 is 12.2. The predicted octanol–water partition coefficient (Wildman–Crippen LogP) is 3.85. The van der Waals surface area contributed by atoms with Crippen LogP contribution in [0.2, 0.25) is 0 Å². The van der Waals surface area contributed by atoms with Crippen molar-refractivity contribution in [3.8, 4) is 5.75 Å². The fourth-order valence-corrected chi connectivity index (χ4v) is 4.29. The number of anilines is 1. The molecule has 0 bridgehead atoms. The van der Waals surface area contributed by atoms with Crippen LogP contribution in [0.4, 0.5) is 5.13 Å². The standard InChI is InChI=1S/C22H25N3O3S.ClH/c26-21(10-15-28-18-6-2-1-3-7-18)25(12-11-24-13-16-27-17-14-24)22-23-19-8-4-5-9-20(19)29-22;/h1-9H,10-17H2;1H. The number of hydrogen-bond acceptors (Lipinski definition) is 6. The molecule has 1 aliphatic rings. The third kappa shape index (κ3) is 5.92. The van der Waals surface area contributed by atoms with Crippen molar-refractivity contribution in [2.75, 3.05) is 50.9 Å². The zero-order chi connectivity index (χ0) is 19.9. The van der Waals surface area contributed by atoms with Gasteiger partial charge >= 0.3 is 0 Å². The van der Waals surface area contributed by atoms with Gasteiger partial charge in [-0.05, 0) is 24.3 Å². The molecule has 160 valence electrons. The van der Waals surface area contributed by atoms with Gasteiger partial charge in [0.2, 0.25) is 5.91 Å². The van der Waals surface area contributed by atoms with E-state index >= 15 is 0 Å². The summed E-state index contributed by atoms with van der Waals surface area (Å²) in [4.78, 5) is 21.9. The Bertz CT molecular complexity index is 899. The molecular formula is C22H26ClN3O3S. The molecule has 3 aromatic rings. The second kappa shape index (κ2) is 11.3. The van der Waals surface area contributed by atoms with E-state index in [1.165, 1.54) is 0 Å². The van der Waals surface area contributed by atoms with Crippen LogP contribution in [0, 0.1) is 0 Å². The number of rotatable bonds is 8. The van der Waals surface area contributed by atoms with Crippen molar-refractivity contribution in [1.29, 1.82) is 0 Å². The van der Waals surface area contributed by atoms with Gasteiger partial charge in [0.1, 0.15) is 5.75 Å². The smallest absolute Gasteiger partial charge is 0.232 e. The number of thiazole rings is 1. The number of nitrogens with zero attached hydrogens (tertiary/aromatic N) is 3. The fourth-order valence-electron chi connectivity index (χ4n) is 3.28. The quantitative estimate of drug-likeness (QED) is 0.525. The number of fused-ring (bicyclic) bond motifs is 1. The van der Waals surface area contributed by atoms with Gasteiger partial charge in [0, 0.05) is 26.2 Å². The van der Waals surface area contributed by atoms with E-state index in [0.717, 1.165) is 53.9 Å². The van der Waals surface area contributed by atoms with Gasteiger partial charge in [-0.3, -0.25) is 14.6 Å². The number of halogens is 1. The Hall–Kier alpha value is -2.19. The Balaban J connectivity index is 0.00000256. The van der Waals surface area contributed by atoms with E-state index in [9.17, 15) is 4.79 Å². The van der Waals surface area contributed by atoms with Crippen molar-refractivity contribution in [3.05, 3.63) is 54.6 Å². The number of morpholine rings is 1. The second-order valence-electron chi connectivity index (χ2n) is 6.88. The van der Waals surface area contributed by atoms with Crippen molar-refractivity contribution in [3.63, 3.8) is 0 Å². The third-order valence-corrected chi connectivity index (χ3v) is 5.95. The van der Waals surface area contributed by atoms with Crippen LogP contribution in [-0.4, -0.2) is 61.8 Å². The van der Waals surface area contributed by atoms with Gasteiger partial charge in [-0.1, -0.05) is 41.7 Å². The minimum Gasteiger partial charge on any atom is -0.493 e. The van der Waals surface area contributed by atoms with E-state index in [1.807, 2.05) is 59.5 Å². The first-order chi connectivity index (χ1) is 14.3. The van der Waals surface area contributed by atoms with Crippen LogP contribution in [0.15, 0.2) is 54.6 Å². The SMILES string of the molecule is Cl.O=C(CCOc1ccccc1)N(CCN1CCOCC1)c1nc2ccccc2s1. The molecule has 1 fully saturated rings. The molecule has 1 saturated heterocycles. The van der Waals surface area contributed by atoms with Gasteiger partial charge in [0.25, 0.3) is 0 Å². The lowest BCUT2D eigenvalue weighted by Crippen LogP contribution is -2.43. The zero-order valence-corrected chi connectivity index (χ0v) is 18.4. The Kier molecular flexibility index (Phi) is 8.45. The Labute approximate surface area is 186 Å². The molecule has 2 heterocycles. The average Bonchev–Trinajstić information content (AvgIpc) is 3.19. The molecule has 30 heavy (non-hydrogen) atoms. The maximum absolute atomic E-state index is 13.1. The van der Waals surface area contributed by atoms with Gasteiger partial charge in [-0.15, -0.1) is 12.4 Å². The minimum absolute atomic E-state index is 0. The van der Waals surface area contributed by atoms with Gasteiger partial charge < -0.3 is 9.47 Å². The normalized spacial score (nSPS) is 14.3. The molecule has 4 rings (SSSR count). The van der Waals surface area contributed by atoms with Gasteiger partial charge in [-0.2, -0.15) is 0 Å². The molecule has 0 unspecified atom stereocenters.